The van der Waals surface area contributed by atoms with Crippen molar-refractivity contribution >= 4 is 10.0 Å². The minimum atomic E-state index is -3.57. The Balaban J connectivity index is 2.21. The van der Waals surface area contributed by atoms with E-state index in [4.69, 9.17) is 4.74 Å². The second kappa shape index (κ2) is 5.58. The zero-order chi connectivity index (χ0) is 14.0. The van der Waals surface area contributed by atoms with E-state index in [1.54, 1.807) is 19.1 Å². The topological polar surface area (TPSA) is 75.6 Å². The second-order valence-electron chi connectivity index (χ2n) is 4.84. The van der Waals surface area contributed by atoms with Gasteiger partial charge in [-0.1, -0.05) is 12.1 Å². The van der Waals surface area contributed by atoms with E-state index in [9.17, 15) is 13.5 Å². The van der Waals surface area contributed by atoms with Crippen molar-refractivity contribution in [1.29, 1.82) is 0 Å². The molecule has 0 bridgehead atoms. The van der Waals surface area contributed by atoms with E-state index in [0.717, 1.165) is 0 Å². The molecule has 0 aromatic heterocycles. The van der Waals surface area contributed by atoms with Gasteiger partial charge in [0, 0.05) is 6.61 Å². The van der Waals surface area contributed by atoms with E-state index in [1.165, 1.54) is 12.1 Å². The van der Waals surface area contributed by atoms with Crippen molar-refractivity contribution in [3.8, 4) is 0 Å². The zero-order valence-corrected chi connectivity index (χ0v) is 11.9. The Bertz CT molecular complexity index is 541. The van der Waals surface area contributed by atoms with Crippen LogP contribution in [0.5, 0.6) is 0 Å². The van der Waals surface area contributed by atoms with Gasteiger partial charge < -0.3 is 9.84 Å². The Morgan fingerprint density at radius 3 is 2.79 bits per heavy atom. The van der Waals surface area contributed by atoms with Gasteiger partial charge in [0.05, 0.1) is 23.1 Å². The SMILES string of the molecule is CC(O)c1cccc(S(=O)(=O)NC2CCOC2C)c1. The fraction of sp³-hybridized carbons (Fsp3) is 0.538. The van der Waals surface area contributed by atoms with Crippen molar-refractivity contribution in [2.75, 3.05) is 6.61 Å². The van der Waals surface area contributed by atoms with Gasteiger partial charge in [-0.25, -0.2) is 13.1 Å². The summed E-state index contributed by atoms with van der Waals surface area (Å²) in [6, 6.07) is 6.15. The average Bonchev–Trinajstić information content (AvgIpc) is 2.74. The molecule has 2 rings (SSSR count). The molecule has 19 heavy (non-hydrogen) atoms. The number of rotatable bonds is 4. The zero-order valence-electron chi connectivity index (χ0n) is 11.0. The Kier molecular flexibility index (Phi) is 4.25. The van der Waals surface area contributed by atoms with E-state index in [-0.39, 0.29) is 17.0 Å². The Morgan fingerprint density at radius 2 is 2.21 bits per heavy atom. The number of benzene rings is 1. The Hall–Kier alpha value is -0.950. The summed E-state index contributed by atoms with van der Waals surface area (Å²) in [6.07, 6.45) is -0.130. The summed E-state index contributed by atoms with van der Waals surface area (Å²) in [5, 5.41) is 9.50. The number of aliphatic hydroxyl groups is 1. The minimum absolute atomic E-state index is 0.116. The normalized spacial score (nSPS) is 25.4. The summed E-state index contributed by atoms with van der Waals surface area (Å²) in [5.74, 6) is 0. The van der Waals surface area contributed by atoms with Gasteiger partial charge in [0.1, 0.15) is 0 Å². The molecule has 0 aliphatic carbocycles. The first-order valence-corrected chi connectivity index (χ1v) is 7.80. The summed E-state index contributed by atoms with van der Waals surface area (Å²) in [6.45, 7) is 4.03. The molecule has 6 heteroatoms. The second-order valence-corrected chi connectivity index (χ2v) is 6.55. The van der Waals surface area contributed by atoms with Crippen LogP contribution in [-0.4, -0.2) is 32.3 Å². The molecule has 1 saturated heterocycles. The fourth-order valence-corrected chi connectivity index (χ4v) is 3.49. The van der Waals surface area contributed by atoms with Gasteiger partial charge in [0.25, 0.3) is 0 Å². The molecular formula is C13H19NO4S. The Labute approximate surface area is 113 Å². The van der Waals surface area contributed by atoms with Gasteiger partial charge >= 0.3 is 0 Å². The number of ether oxygens (including phenoxy) is 1. The summed E-state index contributed by atoms with van der Waals surface area (Å²) in [7, 11) is -3.57. The summed E-state index contributed by atoms with van der Waals surface area (Å²) >= 11 is 0. The maximum atomic E-state index is 12.3. The third kappa shape index (κ3) is 3.33. The van der Waals surface area contributed by atoms with Crippen LogP contribution in [0.2, 0.25) is 0 Å². The molecule has 0 radical (unpaired) electrons. The number of aliphatic hydroxyl groups excluding tert-OH is 1. The predicted molar refractivity (Wildman–Crippen MR) is 71.2 cm³/mol. The van der Waals surface area contributed by atoms with E-state index in [1.807, 2.05) is 6.92 Å². The number of hydrogen-bond acceptors (Lipinski definition) is 4. The number of hydrogen-bond donors (Lipinski definition) is 2. The standard InChI is InChI=1S/C13H19NO4S/c1-9(15)11-4-3-5-12(8-11)19(16,17)14-13-6-7-18-10(13)2/h3-5,8-10,13-15H,6-7H2,1-2H3. The maximum Gasteiger partial charge on any atom is 0.240 e. The molecule has 3 unspecified atom stereocenters. The van der Waals surface area contributed by atoms with Gasteiger partial charge in [0.15, 0.2) is 0 Å². The molecule has 0 spiro atoms. The predicted octanol–water partition coefficient (Wildman–Crippen LogP) is 1.20. The van der Waals surface area contributed by atoms with Crippen molar-refractivity contribution in [2.24, 2.45) is 0 Å². The smallest absolute Gasteiger partial charge is 0.240 e. The van der Waals surface area contributed by atoms with Crippen LogP contribution in [-0.2, 0) is 14.8 Å². The average molecular weight is 285 g/mol. The molecule has 1 aromatic carbocycles. The van der Waals surface area contributed by atoms with Gasteiger partial charge in [-0.05, 0) is 38.0 Å². The van der Waals surface area contributed by atoms with Crippen molar-refractivity contribution in [1.82, 2.24) is 4.72 Å². The number of sulfonamides is 1. The van der Waals surface area contributed by atoms with Gasteiger partial charge in [0.2, 0.25) is 10.0 Å². The lowest BCUT2D eigenvalue weighted by atomic mass is 10.1. The molecule has 1 heterocycles. The molecule has 1 fully saturated rings. The lowest BCUT2D eigenvalue weighted by Crippen LogP contribution is -2.39. The molecule has 1 aromatic rings. The number of nitrogens with one attached hydrogen (secondary N) is 1. The van der Waals surface area contributed by atoms with Gasteiger partial charge in [-0.3, -0.25) is 0 Å². The first-order valence-electron chi connectivity index (χ1n) is 6.32. The summed E-state index contributed by atoms with van der Waals surface area (Å²) in [4.78, 5) is 0.171. The molecule has 2 N–H and O–H groups in total. The largest absolute Gasteiger partial charge is 0.389 e. The van der Waals surface area contributed by atoms with Gasteiger partial charge in [-0.2, -0.15) is 0 Å². The molecule has 1 aliphatic rings. The van der Waals surface area contributed by atoms with Crippen molar-refractivity contribution < 1.29 is 18.3 Å². The van der Waals surface area contributed by atoms with Crippen LogP contribution in [0.15, 0.2) is 29.2 Å². The highest BCUT2D eigenvalue weighted by molar-refractivity contribution is 7.89. The minimum Gasteiger partial charge on any atom is -0.389 e. The van der Waals surface area contributed by atoms with E-state index < -0.39 is 16.1 Å². The third-order valence-electron chi connectivity index (χ3n) is 3.33. The van der Waals surface area contributed by atoms with Crippen molar-refractivity contribution in [3.63, 3.8) is 0 Å². The highest BCUT2D eigenvalue weighted by atomic mass is 32.2. The molecule has 3 atom stereocenters. The van der Waals surface area contributed by atoms with Gasteiger partial charge in [-0.15, -0.1) is 0 Å². The monoisotopic (exact) mass is 285 g/mol. The van der Waals surface area contributed by atoms with Crippen LogP contribution in [0.25, 0.3) is 0 Å². The van der Waals surface area contributed by atoms with E-state index >= 15 is 0 Å². The molecular weight excluding hydrogens is 266 g/mol. The van der Waals surface area contributed by atoms with Crippen LogP contribution < -0.4 is 4.72 Å². The molecule has 106 valence electrons. The van der Waals surface area contributed by atoms with E-state index in [0.29, 0.717) is 18.6 Å². The summed E-state index contributed by atoms with van der Waals surface area (Å²) in [5.41, 5.74) is 0.582. The highest BCUT2D eigenvalue weighted by Crippen LogP contribution is 2.20. The van der Waals surface area contributed by atoms with Crippen LogP contribution in [0.1, 0.15) is 31.9 Å². The highest BCUT2D eigenvalue weighted by Gasteiger charge is 2.29. The molecule has 1 aliphatic heterocycles. The summed E-state index contributed by atoms with van der Waals surface area (Å²) < 4.78 is 32.5. The molecule has 5 nitrogen and oxygen atoms in total. The fourth-order valence-electron chi connectivity index (χ4n) is 2.10. The quantitative estimate of drug-likeness (QED) is 0.871. The van der Waals surface area contributed by atoms with Crippen molar-refractivity contribution in [2.45, 2.75) is 43.4 Å². The molecule has 0 saturated carbocycles. The maximum absolute atomic E-state index is 12.3. The Morgan fingerprint density at radius 1 is 1.47 bits per heavy atom. The first kappa shape index (κ1) is 14.5. The lowest BCUT2D eigenvalue weighted by Gasteiger charge is -2.16. The van der Waals surface area contributed by atoms with Crippen LogP contribution in [0, 0.1) is 0 Å². The van der Waals surface area contributed by atoms with Crippen LogP contribution in [0.4, 0.5) is 0 Å². The first-order chi connectivity index (χ1) is 8.90. The lowest BCUT2D eigenvalue weighted by molar-refractivity contribution is 0.117. The van der Waals surface area contributed by atoms with E-state index in [2.05, 4.69) is 4.72 Å². The van der Waals surface area contributed by atoms with Crippen LogP contribution >= 0.6 is 0 Å². The third-order valence-corrected chi connectivity index (χ3v) is 4.82. The van der Waals surface area contributed by atoms with Crippen molar-refractivity contribution in [3.05, 3.63) is 29.8 Å². The molecule has 0 amide bonds. The van der Waals surface area contributed by atoms with Crippen LogP contribution in [0.3, 0.4) is 0 Å².